The highest BCUT2D eigenvalue weighted by Gasteiger charge is 2.28. The SMILES string of the molecule is O=C1CCC(c2ccn3ncc(C(=O)O)c3c2)C(=O)N1. The molecule has 3 heterocycles. The van der Waals surface area contributed by atoms with Crippen molar-refractivity contribution in [3.63, 3.8) is 0 Å². The molecule has 0 spiro atoms. The van der Waals surface area contributed by atoms with E-state index in [1.165, 1.54) is 10.7 Å². The van der Waals surface area contributed by atoms with Crippen LogP contribution in [0.1, 0.15) is 34.7 Å². The van der Waals surface area contributed by atoms with Crippen LogP contribution in [0, 0.1) is 0 Å². The molecular weight excluding hydrogens is 262 g/mol. The number of piperidine rings is 1. The number of nitrogens with zero attached hydrogens (tertiary/aromatic N) is 2. The van der Waals surface area contributed by atoms with Crippen LogP contribution < -0.4 is 5.32 Å². The van der Waals surface area contributed by atoms with Crippen LogP contribution in [-0.4, -0.2) is 32.5 Å². The molecule has 0 radical (unpaired) electrons. The first kappa shape index (κ1) is 12.3. The van der Waals surface area contributed by atoms with Gasteiger partial charge >= 0.3 is 5.97 Å². The van der Waals surface area contributed by atoms with Crippen molar-refractivity contribution in [3.05, 3.63) is 35.7 Å². The summed E-state index contributed by atoms with van der Waals surface area (Å²) in [6, 6.07) is 3.35. The Morgan fingerprint density at radius 1 is 1.45 bits per heavy atom. The summed E-state index contributed by atoms with van der Waals surface area (Å²) in [6.45, 7) is 0. The quantitative estimate of drug-likeness (QED) is 0.778. The number of aromatic nitrogens is 2. The topological polar surface area (TPSA) is 101 Å². The monoisotopic (exact) mass is 273 g/mol. The van der Waals surface area contributed by atoms with E-state index in [1.54, 1.807) is 18.3 Å². The van der Waals surface area contributed by atoms with Crippen molar-refractivity contribution >= 4 is 23.3 Å². The van der Waals surface area contributed by atoms with Crippen LogP contribution in [0.5, 0.6) is 0 Å². The van der Waals surface area contributed by atoms with Crippen LogP contribution in [0.25, 0.3) is 5.52 Å². The molecule has 2 amide bonds. The molecule has 2 N–H and O–H groups in total. The van der Waals surface area contributed by atoms with Crippen LogP contribution in [0.15, 0.2) is 24.5 Å². The van der Waals surface area contributed by atoms with Gasteiger partial charge in [0.2, 0.25) is 11.8 Å². The second kappa shape index (κ2) is 4.44. The molecule has 0 aromatic carbocycles. The molecule has 102 valence electrons. The van der Waals surface area contributed by atoms with E-state index < -0.39 is 11.9 Å². The molecule has 0 saturated carbocycles. The average Bonchev–Trinajstić information content (AvgIpc) is 2.81. The standard InChI is InChI=1S/C13H11N3O4/c17-11-2-1-8(12(18)15-11)7-3-4-16-10(5-7)9(6-14-16)13(19)20/h3-6,8H,1-2H2,(H,19,20)(H,15,17,18). The number of carboxylic acid groups (broad SMARTS) is 1. The van der Waals surface area contributed by atoms with Gasteiger partial charge < -0.3 is 5.11 Å². The molecule has 3 rings (SSSR count). The Hall–Kier alpha value is -2.70. The van der Waals surface area contributed by atoms with Crippen molar-refractivity contribution in [1.82, 2.24) is 14.9 Å². The third-order valence-electron chi connectivity index (χ3n) is 3.42. The highest BCUT2D eigenvalue weighted by atomic mass is 16.4. The number of fused-ring (bicyclic) bond motifs is 1. The summed E-state index contributed by atoms with van der Waals surface area (Å²) in [5.74, 6) is -2.13. The van der Waals surface area contributed by atoms with Crippen LogP contribution in [0.4, 0.5) is 0 Å². The first-order valence-electron chi connectivity index (χ1n) is 6.10. The van der Waals surface area contributed by atoms with E-state index in [1.807, 2.05) is 0 Å². The van der Waals surface area contributed by atoms with Gasteiger partial charge in [0.15, 0.2) is 0 Å². The Labute approximate surface area is 113 Å². The van der Waals surface area contributed by atoms with Crippen LogP contribution in [-0.2, 0) is 9.59 Å². The predicted octanol–water partition coefficient (Wildman–Crippen LogP) is 0.553. The molecule has 7 nitrogen and oxygen atoms in total. The highest BCUT2D eigenvalue weighted by Crippen LogP contribution is 2.26. The normalized spacial score (nSPS) is 19.1. The van der Waals surface area contributed by atoms with Crippen molar-refractivity contribution in [2.75, 3.05) is 0 Å². The van der Waals surface area contributed by atoms with E-state index in [4.69, 9.17) is 5.11 Å². The molecule has 1 aliphatic rings. The number of hydrogen-bond acceptors (Lipinski definition) is 4. The maximum Gasteiger partial charge on any atom is 0.339 e. The van der Waals surface area contributed by atoms with E-state index in [0.717, 1.165) is 0 Å². The second-order valence-electron chi connectivity index (χ2n) is 4.66. The minimum atomic E-state index is -1.07. The largest absolute Gasteiger partial charge is 0.478 e. The number of carbonyl (C=O) groups is 3. The van der Waals surface area contributed by atoms with E-state index in [2.05, 4.69) is 10.4 Å². The van der Waals surface area contributed by atoms with Gasteiger partial charge in [-0.15, -0.1) is 0 Å². The van der Waals surface area contributed by atoms with Gasteiger partial charge in [-0.3, -0.25) is 14.9 Å². The van der Waals surface area contributed by atoms with Crippen molar-refractivity contribution in [3.8, 4) is 0 Å². The summed E-state index contributed by atoms with van der Waals surface area (Å²) in [6.07, 6.45) is 3.59. The van der Waals surface area contributed by atoms with E-state index in [-0.39, 0.29) is 23.8 Å². The molecular formula is C13H11N3O4. The molecule has 1 aliphatic heterocycles. The first-order valence-corrected chi connectivity index (χ1v) is 6.10. The zero-order valence-electron chi connectivity index (χ0n) is 10.4. The average molecular weight is 273 g/mol. The van der Waals surface area contributed by atoms with Crippen molar-refractivity contribution in [1.29, 1.82) is 0 Å². The molecule has 1 fully saturated rings. The fraction of sp³-hybridized carbons (Fsp3) is 0.231. The number of carboxylic acids is 1. The lowest BCUT2D eigenvalue weighted by Crippen LogP contribution is -2.39. The summed E-state index contributed by atoms with van der Waals surface area (Å²) in [4.78, 5) is 34.1. The Balaban J connectivity index is 2.04. The maximum atomic E-state index is 11.8. The number of nitrogens with one attached hydrogen (secondary N) is 1. The lowest BCUT2D eigenvalue weighted by molar-refractivity contribution is -0.134. The Morgan fingerprint density at radius 3 is 2.95 bits per heavy atom. The number of rotatable bonds is 2. The van der Waals surface area contributed by atoms with Gasteiger partial charge in [-0.25, -0.2) is 9.31 Å². The van der Waals surface area contributed by atoms with Gasteiger partial charge in [0.05, 0.1) is 17.6 Å². The summed E-state index contributed by atoms with van der Waals surface area (Å²) in [7, 11) is 0. The maximum absolute atomic E-state index is 11.8. The van der Waals surface area contributed by atoms with Gasteiger partial charge in [-0.05, 0) is 24.1 Å². The van der Waals surface area contributed by atoms with Crippen molar-refractivity contribution < 1.29 is 19.5 Å². The Kier molecular flexibility index (Phi) is 2.74. The number of carbonyl (C=O) groups excluding carboxylic acids is 2. The third-order valence-corrected chi connectivity index (χ3v) is 3.42. The summed E-state index contributed by atoms with van der Waals surface area (Å²) in [5.41, 5.74) is 1.20. The van der Waals surface area contributed by atoms with Crippen molar-refractivity contribution in [2.45, 2.75) is 18.8 Å². The number of hydrogen-bond donors (Lipinski definition) is 2. The molecule has 7 heteroatoms. The van der Waals surface area contributed by atoms with Crippen molar-refractivity contribution in [2.24, 2.45) is 0 Å². The summed E-state index contributed by atoms with van der Waals surface area (Å²) in [5, 5.41) is 15.3. The van der Waals surface area contributed by atoms with Crippen LogP contribution in [0.3, 0.4) is 0 Å². The van der Waals surface area contributed by atoms with Crippen LogP contribution in [0.2, 0.25) is 0 Å². The van der Waals surface area contributed by atoms with E-state index in [9.17, 15) is 14.4 Å². The summed E-state index contributed by atoms with van der Waals surface area (Å²) < 4.78 is 1.44. The van der Waals surface area contributed by atoms with Gasteiger partial charge in [0, 0.05) is 12.6 Å². The zero-order chi connectivity index (χ0) is 14.3. The zero-order valence-corrected chi connectivity index (χ0v) is 10.4. The highest BCUT2D eigenvalue weighted by molar-refractivity contribution is 6.01. The predicted molar refractivity (Wildman–Crippen MR) is 67.3 cm³/mol. The molecule has 20 heavy (non-hydrogen) atoms. The fourth-order valence-corrected chi connectivity index (χ4v) is 2.39. The lowest BCUT2D eigenvalue weighted by Gasteiger charge is -2.21. The second-order valence-corrected chi connectivity index (χ2v) is 4.66. The molecule has 0 bridgehead atoms. The minimum Gasteiger partial charge on any atom is -0.478 e. The van der Waals surface area contributed by atoms with Gasteiger partial charge in [0.25, 0.3) is 0 Å². The van der Waals surface area contributed by atoms with Gasteiger partial charge in [-0.1, -0.05) is 0 Å². The number of amides is 2. The molecule has 1 atom stereocenters. The molecule has 1 unspecified atom stereocenters. The smallest absolute Gasteiger partial charge is 0.339 e. The Morgan fingerprint density at radius 2 is 2.25 bits per heavy atom. The Bertz CT molecular complexity index is 734. The first-order chi connectivity index (χ1) is 9.56. The molecule has 2 aromatic rings. The van der Waals surface area contributed by atoms with Gasteiger partial charge in [0.1, 0.15) is 5.56 Å². The molecule has 1 saturated heterocycles. The lowest BCUT2D eigenvalue weighted by atomic mass is 9.91. The van der Waals surface area contributed by atoms with Gasteiger partial charge in [-0.2, -0.15) is 5.10 Å². The number of aromatic carboxylic acids is 1. The fourth-order valence-electron chi connectivity index (χ4n) is 2.39. The minimum absolute atomic E-state index is 0.0825. The number of pyridine rings is 1. The molecule has 0 aliphatic carbocycles. The summed E-state index contributed by atoms with van der Waals surface area (Å²) >= 11 is 0. The van der Waals surface area contributed by atoms with Crippen LogP contribution >= 0.6 is 0 Å². The molecule has 2 aromatic heterocycles. The van der Waals surface area contributed by atoms with E-state index in [0.29, 0.717) is 17.5 Å². The third kappa shape index (κ3) is 1.93. The number of imide groups is 1. The van der Waals surface area contributed by atoms with E-state index >= 15 is 0 Å².